The number of hydrogen-bond acceptors (Lipinski definition) is 2. The lowest BCUT2D eigenvalue weighted by molar-refractivity contribution is 0.678. The van der Waals surface area contributed by atoms with Gasteiger partial charge in [0.15, 0.2) is 0 Å². The van der Waals surface area contributed by atoms with E-state index >= 15 is 0 Å². The van der Waals surface area contributed by atoms with E-state index in [0.717, 1.165) is 15.2 Å². The summed E-state index contributed by atoms with van der Waals surface area (Å²) in [7, 11) is 0. The maximum atomic E-state index is 5.96. The minimum absolute atomic E-state index is 0.294. The second kappa shape index (κ2) is 5.92. The predicted molar refractivity (Wildman–Crippen MR) is 87.5 cm³/mol. The van der Waals surface area contributed by atoms with Gasteiger partial charge < -0.3 is 5.32 Å². The fourth-order valence-corrected chi connectivity index (χ4v) is 2.83. The Morgan fingerprint density at radius 2 is 1.90 bits per heavy atom. The number of halogens is 3. The SMILES string of the molecule is Clc1ccc(C(Nc2cnc(Cl)c(Br)c2)C2CC2)cc1. The van der Waals surface area contributed by atoms with Crippen LogP contribution in [0.4, 0.5) is 5.69 Å². The molecular formula is C15H13BrCl2N2. The Bertz CT molecular complexity index is 612. The average Bonchev–Trinajstić information content (AvgIpc) is 3.26. The second-order valence-electron chi connectivity index (χ2n) is 5.01. The van der Waals surface area contributed by atoms with E-state index in [2.05, 4.69) is 38.4 Å². The highest BCUT2D eigenvalue weighted by Gasteiger charge is 2.32. The van der Waals surface area contributed by atoms with Crippen molar-refractivity contribution in [3.05, 3.63) is 56.7 Å². The lowest BCUT2D eigenvalue weighted by atomic mass is 10.0. The van der Waals surface area contributed by atoms with E-state index in [4.69, 9.17) is 23.2 Å². The third-order valence-corrected chi connectivity index (χ3v) is 4.83. The molecule has 0 amide bonds. The van der Waals surface area contributed by atoms with Crippen molar-refractivity contribution in [2.24, 2.45) is 5.92 Å². The van der Waals surface area contributed by atoms with Crippen molar-refractivity contribution < 1.29 is 0 Å². The number of pyridine rings is 1. The molecule has 1 aliphatic carbocycles. The van der Waals surface area contributed by atoms with Gasteiger partial charge in [0.2, 0.25) is 0 Å². The zero-order chi connectivity index (χ0) is 14.1. The predicted octanol–water partition coefficient (Wildman–Crippen LogP) is 5.71. The number of rotatable bonds is 4. The summed E-state index contributed by atoms with van der Waals surface area (Å²) in [5.74, 6) is 0.672. The smallest absolute Gasteiger partial charge is 0.143 e. The van der Waals surface area contributed by atoms with Crippen LogP contribution in [0.15, 0.2) is 41.0 Å². The molecule has 1 atom stereocenters. The molecule has 1 N–H and O–H groups in total. The van der Waals surface area contributed by atoms with Crippen LogP contribution in [-0.4, -0.2) is 4.98 Å². The lowest BCUT2D eigenvalue weighted by Crippen LogP contribution is -2.13. The largest absolute Gasteiger partial charge is 0.377 e. The normalized spacial score (nSPS) is 15.9. The van der Waals surface area contributed by atoms with Crippen LogP contribution in [-0.2, 0) is 0 Å². The van der Waals surface area contributed by atoms with Crippen LogP contribution in [0.25, 0.3) is 0 Å². The summed E-state index contributed by atoms with van der Waals surface area (Å²) in [6.45, 7) is 0. The molecule has 2 aromatic rings. The van der Waals surface area contributed by atoms with Crippen LogP contribution in [0.5, 0.6) is 0 Å². The van der Waals surface area contributed by atoms with Crippen LogP contribution in [0, 0.1) is 5.92 Å². The highest BCUT2D eigenvalue weighted by molar-refractivity contribution is 9.10. The molecule has 20 heavy (non-hydrogen) atoms. The highest BCUT2D eigenvalue weighted by atomic mass is 79.9. The third kappa shape index (κ3) is 3.27. The van der Waals surface area contributed by atoms with Crippen LogP contribution >= 0.6 is 39.1 Å². The molecule has 1 aromatic carbocycles. The number of anilines is 1. The molecule has 0 spiro atoms. The molecule has 1 heterocycles. The molecule has 1 saturated carbocycles. The van der Waals surface area contributed by atoms with Gasteiger partial charge in [-0.15, -0.1) is 0 Å². The first-order valence-electron chi connectivity index (χ1n) is 6.46. The Labute approximate surface area is 136 Å². The summed E-state index contributed by atoms with van der Waals surface area (Å²) in [5, 5.41) is 4.79. The van der Waals surface area contributed by atoms with Gasteiger partial charge in [0, 0.05) is 5.02 Å². The van der Waals surface area contributed by atoms with E-state index in [1.54, 1.807) is 6.20 Å². The van der Waals surface area contributed by atoms with Gasteiger partial charge in [-0.2, -0.15) is 0 Å². The summed E-state index contributed by atoms with van der Waals surface area (Å²) in [4.78, 5) is 4.15. The zero-order valence-corrected chi connectivity index (χ0v) is 13.7. The van der Waals surface area contributed by atoms with Crippen molar-refractivity contribution in [3.63, 3.8) is 0 Å². The molecule has 0 saturated heterocycles. The Hall–Kier alpha value is -0.770. The van der Waals surface area contributed by atoms with Crippen LogP contribution < -0.4 is 5.32 Å². The molecule has 2 nitrogen and oxygen atoms in total. The monoisotopic (exact) mass is 370 g/mol. The Balaban J connectivity index is 1.84. The first kappa shape index (κ1) is 14.2. The van der Waals surface area contributed by atoms with E-state index in [1.807, 2.05) is 18.2 Å². The van der Waals surface area contributed by atoms with Gasteiger partial charge in [-0.1, -0.05) is 35.3 Å². The molecule has 1 aromatic heterocycles. The number of hydrogen-bond donors (Lipinski definition) is 1. The fourth-order valence-electron chi connectivity index (χ4n) is 2.25. The summed E-state index contributed by atoms with van der Waals surface area (Å²) in [6, 6.07) is 10.3. The molecule has 3 rings (SSSR count). The van der Waals surface area contributed by atoms with E-state index in [0.29, 0.717) is 17.1 Å². The molecule has 1 aliphatic rings. The van der Waals surface area contributed by atoms with Crippen LogP contribution in [0.2, 0.25) is 10.2 Å². The summed E-state index contributed by atoms with van der Waals surface area (Å²) in [5.41, 5.74) is 2.22. The van der Waals surface area contributed by atoms with Gasteiger partial charge >= 0.3 is 0 Å². The van der Waals surface area contributed by atoms with E-state index in [-0.39, 0.29) is 0 Å². The summed E-state index contributed by atoms with van der Waals surface area (Å²) in [6.07, 6.45) is 4.27. The van der Waals surface area contributed by atoms with Crippen molar-refractivity contribution >= 4 is 44.8 Å². The lowest BCUT2D eigenvalue weighted by Gasteiger charge is -2.20. The molecular weight excluding hydrogens is 359 g/mol. The number of aromatic nitrogens is 1. The van der Waals surface area contributed by atoms with Crippen molar-refractivity contribution in [3.8, 4) is 0 Å². The van der Waals surface area contributed by atoms with Gasteiger partial charge in [0.05, 0.1) is 22.4 Å². The Morgan fingerprint density at radius 1 is 1.20 bits per heavy atom. The molecule has 1 fully saturated rings. The third-order valence-electron chi connectivity index (χ3n) is 3.44. The standard InChI is InChI=1S/C15H13BrCl2N2/c16-13-7-12(8-19-15(13)18)20-14(9-1-2-9)10-3-5-11(17)6-4-10/h3-9,14,20H,1-2H2. The molecule has 0 aliphatic heterocycles. The molecule has 0 bridgehead atoms. The van der Waals surface area contributed by atoms with E-state index in [9.17, 15) is 0 Å². The first-order valence-corrected chi connectivity index (χ1v) is 8.01. The summed E-state index contributed by atoms with van der Waals surface area (Å²) >= 11 is 15.3. The van der Waals surface area contributed by atoms with Crippen molar-refractivity contribution in [1.82, 2.24) is 4.98 Å². The quantitative estimate of drug-likeness (QED) is 0.695. The number of nitrogens with zero attached hydrogens (tertiary/aromatic N) is 1. The summed E-state index contributed by atoms with van der Waals surface area (Å²) < 4.78 is 0.801. The molecule has 1 unspecified atom stereocenters. The average molecular weight is 372 g/mol. The van der Waals surface area contributed by atoms with E-state index < -0.39 is 0 Å². The highest BCUT2D eigenvalue weighted by Crippen LogP contribution is 2.43. The van der Waals surface area contributed by atoms with Gasteiger partial charge in [-0.05, 0) is 58.5 Å². The minimum Gasteiger partial charge on any atom is -0.377 e. The Kier molecular flexibility index (Phi) is 4.20. The van der Waals surface area contributed by atoms with Crippen molar-refractivity contribution in [2.45, 2.75) is 18.9 Å². The number of nitrogens with one attached hydrogen (secondary N) is 1. The van der Waals surface area contributed by atoms with Crippen molar-refractivity contribution in [1.29, 1.82) is 0 Å². The van der Waals surface area contributed by atoms with Gasteiger partial charge in [-0.25, -0.2) is 4.98 Å². The fraction of sp³-hybridized carbons (Fsp3) is 0.267. The second-order valence-corrected chi connectivity index (χ2v) is 6.66. The molecule has 5 heteroatoms. The zero-order valence-electron chi connectivity index (χ0n) is 10.6. The first-order chi connectivity index (χ1) is 9.63. The van der Waals surface area contributed by atoms with Gasteiger partial charge in [0.25, 0.3) is 0 Å². The maximum Gasteiger partial charge on any atom is 0.143 e. The van der Waals surface area contributed by atoms with Crippen molar-refractivity contribution in [2.75, 3.05) is 5.32 Å². The molecule has 104 valence electrons. The van der Waals surface area contributed by atoms with E-state index in [1.165, 1.54) is 18.4 Å². The van der Waals surface area contributed by atoms with Gasteiger partial charge in [0.1, 0.15) is 5.15 Å². The topological polar surface area (TPSA) is 24.9 Å². The number of benzene rings is 1. The Morgan fingerprint density at radius 3 is 2.50 bits per heavy atom. The van der Waals surface area contributed by atoms with Crippen LogP contribution in [0.1, 0.15) is 24.4 Å². The van der Waals surface area contributed by atoms with Gasteiger partial charge in [-0.3, -0.25) is 0 Å². The molecule has 0 radical (unpaired) electrons. The maximum absolute atomic E-state index is 5.96. The minimum atomic E-state index is 0.294. The van der Waals surface area contributed by atoms with Crippen LogP contribution in [0.3, 0.4) is 0 Å².